The van der Waals surface area contributed by atoms with Gasteiger partial charge in [0.2, 0.25) is 5.91 Å². The molecule has 0 aromatic carbocycles. The second-order valence-corrected chi connectivity index (χ2v) is 15.7. The summed E-state index contributed by atoms with van der Waals surface area (Å²) < 4.78 is 5.42. The van der Waals surface area contributed by atoms with E-state index in [0.29, 0.717) is 25.9 Å². The molecule has 0 bridgehead atoms. The molecule has 0 heterocycles. The van der Waals surface area contributed by atoms with Gasteiger partial charge in [-0.2, -0.15) is 0 Å². The average molecular weight is 760 g/mol. The second-order valence-electron chi connectivity index (χ2n) is 15.7. The molecule has 0 spiro atoms. The molecule has 0 fully saturated rings. The number of aliphatic hydroxyl groups is 2. The first-order chi connectivity index (χ1) is 26.5. The Morgan fingerprint density at radius 2 is 0.944 bits per heavy atom. The van der Waals surface area contributed by atoms with E-state index in [1.54, 1.807) is 0 Å². The molecule has 0 saturated carbocycles. The highest BCUT2D eigenvalue weighted by atomic mass is 16.5. The third kappa shape index (κ3) is 39.8. The van der Waals surface area contributed by atoms with E-state index in [-0.39, 0.29) is 18.5 Å². The summed E-state index contributed by atoms with van der Waals surface area (Å²) in [5, 5.41) is 23.1. The number of aliphatic hydroxyl groups excluding tert-OH is 2. The fourth-order valence-electron chi connectivity index (χ4n) is 6.79. The number of unbranched alkanes of at least 4 members (excludes halogenated alkanes) is 25. The summed E-state index contributed by atoms with van der Waals surface area (Å²) in [6, 6.07) is -0.579. The molecule has 3 N–H and O–H groups in total. The highest BCUT2D eigenvalue weighted by Gasteiger charge is 2.19. The second kappa shape index (κ2) is 43.8. The molecule has 0 aliphatic carbocycles. The zero-order valence-electron chi connectivity index (χ0n) is 35.7. The molecule has 0 rings (SSSR count). The van der Waals surface area contributed by atoms with E-state index in [0.717, 1.165) is 83.5 Å². The molecule has 0 aliphatic heterocycles. The van der Waals surface area contributed by atoms with Gasteiger partial charge in [0.05, 0.1) is 25.4 Å². The van der Waals surface area contributed by atoms with Crippen molar-refractivity contribution in [2.75, 3.05) is 13.2 Å². The molecule has 2 atom stereocenters. The highest BCUT2D eigenvalue weighted by molar-refractivity contribution is 5.76. The van der Waals surface area contributed by atoms with Crippen molar-refractivity contribution in [1.29, 1.82) is 0 Å². The number of amides is 1. The number of carbonyl (C=O) groups excluding carboxylic acids is 2. The van der Waals surface area contributed by atoms with Crippen molar-refractivity contribution in [2.45, 2.75) is 244 Å². The van der Waals surface area contributed by atoms with Gasteiger partial charge in [-0.3, -0.25) is 9.59 Å². The Hall–Kier alpha value is -1.92. The molecule has 0 aromatic heterocycles. The van der Waals surface area contributed by atoms with Crippen molar-refractivity contribution >= 4 is 11.9 Å². The van der Waals surface area contributed by atoms with Crippen LogP contribution in [0.2, 0.25) is 0 Å². The molecule has 316 valence electrons. The van der Waals surface area contributed by atoms with E-state index in [1.807, 2.05) is 0 Å². The van der Waals surface area contributed by atoms with Crippen LogP contribution in [0.5, 0.6) is 0 Å². The van der Waals surface area contributed by atoms with Crippen molar-refractivity contribution < 1.29 is 24.5 Å². The largest absolute Gasteiger partial charge is 0.466 e. The number of ether oxygens (including phenoxy) is 1. The lowest BCUT2D eigenvalue weighted by atomic mass is 10.0. The third-order valence-electron chi connectivity index (χ3n) is 10.4. The predicted molar refractivity (Wildman–Crippen MR) is 232 cm³/mol. The topological polar surface area (TPSA) is 95.9 Å². The molecule has 2 unspecified atom stereocenters. The molecule has 54 heavy (non-hydrogen) atoms. The minimum Gasteiger partial charge on any atom is -0.466 e. The number of allylic oxidation sites excluding steroid dienone is 6. The maximum atomic E-state index is 12.4. The molecule has 0 aromatic rings. The first kappa shape index (κ1) is 52.1. The Bertz CT molecular complexity index is 884. The van der Waals surface area contributed by atoms with E-state index < -0.39 is 12.1 Å². The Morgan fingerprint density at radius 3 is 1.50 bits per heavy atom. The van der Waals surface area contributed by atoms with E-state index in [4.69, 9.17) is 4.74 Å². The normalized spacial score (nSPS) is 13.0. The lowest BCUT2D eigenvalue weighted by molar-refractivity contribution is -0.143. The zero-order valence-corrected chi connectivity index (χ0v) is 35.7. The molecule has 6 nitrogen and oxygen atoms in total. The van der Waals surface area contributed by atoms with Crippen LogP contribution in [0.1, 0.15) is 232 Å². The summed E-state index contributed by atoms with van der Waals surface area (Å²) in [4.78, 5) is 24.4. The number of esters is 1. The van der Waals surface area contributed by atoms with Gasteiger partial charge in [-0.05, 0) is 77.0 Å². The smallest absolute Gasteiger partial charge is 0.305 e. The van der Waals surface area contributed by atoms with Crippen LogP contribution < -0.4 is 5.32 Å². The number of carbonyl (C=O) groups is 2. The van der Waals surface area contributed by atoms with Gasteiger partial charge in [0.25, 0.3) is 0 Å². The van der Waals surface area contributed by atoms with Gasteiger partial charge in [0.1, 0.15) is 0 Å². The van der Waals surface area contributed by atoms with Crippen LogP contribution in [0.4, 0.5) is 0 Å². The van der Waals surface area contributed by atoms with Crippen LogP contribution in [-0.2, 0) is 14.3 Å². The third-order valence-corrected chi connectivity index (χ3v) is 10.4. The van der Waals surface area contributed by atoms with Gasteiger partial charge in [-0.1, -0.05) is 179 Å². The Balaban J connectivity index is 3.57. The van der Waals surface area contributed by atoms with Gasteiger partial charge in [0, 0.05) is 12.8 Å². The minimum atomic E-state index is -0.695. The first-order valence-electron chi connectivity index (χ1n) is 23.2. The van der Waals surface area contributed by atoms with E-state index in [1.165, 1.54) is 116 Å². The SMILES string of the molecule is CCCCC/C=C\C/C=C\CCCCCCCC(=O)OCCCCCC/C=C\CCCC(=O)NC(CO)C(O)CCCCCCCCCCCCCCC. The lowest BCUT2D eigenvalue weighted by Crippen LogP contribution is -2.45. The van der Waals surface area contributed by atoms with Crippen molar-refractivity contribution in [3.63, 3.8) is 0 Å². The summed E-state index contributed by atoms with van der Waals surface area (Å²) in [5.74, 6) is -0.149. The lowest BCUT2D eigenvalue weighted by Gasteiger charge is -2.22. The maximum absolute atomic E-state index is 12.4. The highest BCUT2D eigenvalue weighted by Crippen LogP contribution is 2.15. The summed E-state index contributed by atoms with van der Waals surface area (Å²) >= 11 is 0. The summed E-state index contributed by atoms with van der Waals surface area (Å²) in [6.07, 6.45) is 51.0. The summed E-state index contributed by atoms with van der Waals surface area (Å²) in [5.41, 5.74) is 0. The fourth-order valence-corrected chi connectivity index (χ4v) is 6.79. The van der Waals surface area contributed by atoms with Gasteiger partial charge in [-0.15, -0.1) is 0 Å². The Morgan fingerprint density at radius 1 is 0.519 bits per heavy atom. The number of nitrogens with one attached hydrogen (secondary N) is 1. The van der Waals surface area contributed by atoms with Gasteiger partial charge in [-0.25, -0.2) is 0 Å². The number of hydrogen-bond donors (Lipinski definition) is 3. The average Bonchev–Trinajstić information content (AvgIpc) is 3.17. The van der Waals surface area contributed by atoms with E-state index >= 15 is 0 Å². The van der Waals surface area contributed by atoms with Crippen molar-refractivity contribution in [2.24, 2.45) is 0 Å². The zero-order chi connectivity index (χ0) is 39.4. The minimum absolute atomic E-state index is 0.0506. The monoisotopic (exact) mass is 760 g/mol. The molecular weight excluding hydrogens is 671 g/mol. The van der Waals surface area contributed by atoms with Crippen LogP contribution in [0.15, 0.2) is 36.5 Å². The van der Waals surface area contributed by atoms with Crippen LogP contribution in [0.25, 0.3) is 0 Å². The van der Waals surface area contributed by atoms with Crippen LogP contribution in [0.3, 0.4) is 0 Å². The van der Waals surface area contributed by atoms with Crippen LogP contribution in [0, 0.1) is 0 Å². The Kier molecular flexibility index (Phi) is 42.2. The van der Waals surface area contributed by atoms with Crippen LogP contribution >= 0.6 is 0 Å². The summed E-state index contributed by atoms with van der Waals surface area (Å²) in [7, 11) is 0. The van der Waals surface area contributed by atoms with Gasteiger partial charge < -0.3 is 20.3 Å². The van der Waals surface area contributed by atoms with Gasteiger partial charge >= 0.3 is 5.97 Å². The van der Waals surface area contributed by atoms with Crippen molar-refractivity contribution in [3.8, 4) is 0 Å². The standard InChI is InChI=1S/C48H89NO5/c1-3-5-7-9-11-13-15-17-18-20-22-26-30-34-38-42-48(53)54-43-39-35-31-27-23-25-29-33-37-41-47(52)49-45(44-50)46(51)40-36-32-28-24-21-19-16-14-12-10-8-6-4-2/h11,13,17-18,25,29,45-46,50-51H,3-10,12,14-16,19-24,26-28,30-44H2,1-2H3,(H,49,52)/b13-11-,18-17-,29-25-. The number of rotatable bonds is 42. The first-order valence-corrected chi connectivity index (χ1v) is 23.2. The molecule has 6 heteroatoms. The van der Waals surface area contributed by atoms with Gasteiger partial charge in [0.15, 0.2) is 0 Å². The van der Waals surface area contributed by atoms with Crippen LogP contribution in [-0.4, -0.2) is 47.4 Å². The molecule has 1 amide bonds. The summed E-state index contributed by atoms with van der Waals surface area (Å²) in [6.45, 7) is 4.81. The van der Waals surface area contributed by atoms with E-state index in [9.17, 15) is 19.8 Å². The predicted octanol–water partition coefficient (Wildman–Crippen LogP) is 13.3. The fraction of sp³-hybridized carbons (Fsp3) is 0.833. The quantitative estimate of drug-likeness (QED) is 0.0327. The molecule has 0 radical (unpaired) electrons. The molecule has 0 saturated heterocycles. The molecule has 0 aliphatic rings. The van der Waals surface area contributed by atoms with E-state index in [2.05, 4.69) is 55.6 Å². The van der Waals surface area contributed by atoms with Crippen molar-refractivity contribution in [1.82, 2.24) is 5.32 Å². The maximum Gasteiger partial charge on any atom is 0.305 e. The molecular formula is C48H89NO5. The number of hydrogen-bond acceptors (Lipinski definition) is 5. The Labute approximate surface area is 334 Å². The van der Waals surface area contributed by atoms with Crippen molar-refractivity contribution in [3.05, 3.63) is 36.5 Å².